The van der Waals surface area contributed by atoms with E-state index in [0.717, 1.165) is 56.9 Å². The average molecular weight is 430 g/mol. The Bertz CT molecular complexity index is 1180. The summed E-state index contributed by atoms with van der Waals surface area (Å²) in [5.41, 5.74) is 1.46. The molecular formula is C24H27N7O. The molecule has 0 spiro atoms. The molecule has 0 radical (unpaired) electrons. The molecule has 1 amide bonds. The van der Waals surface area contributed by atoms with Crippen LogP contribution in [0.4, 0.5) is 5.82 Å². The fraction of sp³-hybridized carbons (Fsp3) is 0.333. The number of piperazine rings is 1. The van der Waals surface area contributed by atoms with Gasteiger partial charge in [0.1, 0.15) is 11.5 Å². The van der Waals surface area contributed by atoms with Gasteiger partial charge in [-0.1, -0.05) is 18.2 Å². The van der Waals surface area contributed by atoms with Gasteiger partial charge >= 0.3 is 0 Å². The van der Waals surface area contributed by atoms with E-state index in [1.54, 1.807) is 16.8 Å². The second-order valence-electron chi connectivity index (χ2n) is 8.11. The highest BCUT2D eigenvalue weighted by Crippen LogP contribution is 2.19. The molecule has 1 aliphatic rings. The highest BCUT2D eigenvalue weighted by atomic mass is 16.1. The van der Waals surface area contributed by atoms with Gasteiger partial charge in [-0.2, -0.15) is 0 Å². The molecule has 4 heterocycles. The minimum Gasteiger partial charge on any atom is -0.354 e. The van der Waals surface area contributed by atoms with Crippen LogP contribution in [0, 0.1) is 0 Å². The molecule has 164 valence electrons. The average Bonchev–Trinajstić information content (AvgIpc) is 3.28. The lowest BCUT2D eigenvalue weighted by Gasteiger charge is -2.35. The van der Waals surface area contributed by atoms with E-state index in [9.17, 15) is 4.79 Å². The largest absolute Gasteiger partial charge is 0.354 e. The molecular weight excluding hydrogens is 402 g/mol. The van der Waals surface area contributed by atoms with Crippen molar-refractivity contribution < 1.29 is 4.79 Å². The highest BCUT2D eigenvalue weighted by molar-refractivity contribution is 5.92. The summed E-state index contributed by atoms with van der Waals surface area (Å²) < 4.78 is 1.75. The fourth-order valence-corrected chi connectivity index (χ4v) is 4.12. The van der Waals surface area contributed by atoms with Gasteiger partial charge in [0.25, 0.3) is 5.91 Å². The number of imidazole rings is 1. The predicted molar refractivity (Wildman–Crippen MR) is 125 cm³/mol. The third-order valence-electron chi connectivity index (χ3n) is 5.93. The number of carbonyl (C=O) groups excluding carboxylic acids is 1. The van der Waals surface area contributed by atoms with Gasteiger partial charge in [0, 0.05) is 56.7 Å². The van der Waals surface area contributed by atoms with Crippen molar-refractivity contribution in [2.45, 2.75) is 12.8 Å². The highest BCUT2D eigenvalue weighted by Gasteiger charge is 2.18. The minimum atomic E-state index is -0.146. The van der Waals surface area contributed by atoms with E-state index in [-0.39, 0.29) is 5.91 Å². The van der Waals surface area contributed by atoms with Crippen molar-refractivity contribution >= 4 is 28.4 Å². The Labute approximate surface area is 186 Å². The van der Waals surface area contributed by atoms with Gasteiger partial charge < -0.3 is 10.2 Å². The van der Waals surface area contributed by atoms with Gasteiger partial charge in [-0.3, -0.25) is 14.1 Å². The number of amides is 1. The number of nitrogens with zero attached hydrogens (tertiary/aromatic N) is 6. The molecule has 1 aromatic carbocycles. The number of carbonyl (C=O) groups is 1. The van der Waals surface area contributed by atoms with Crippen LogP contribution in [-0.4, -0.2) is 69.4 Å². The van der Waals surface area contributed by atoms with E-state index in [2.05, 4.69) is 49.4 Å². The number of pyridine rings is 1. The number of para-hydroxylation sites is 1. The first kappa shape index (κ1) is 20.4. The van der Waals surface area contributed by atoms with Gasteiger partial charge in [0.2, 0.25) is 5.78 Å². The second-order valence-corrected chi connectivity index (χ2v) is 8.11. The van der Waals surface area contributed by atoms with Crippen molar-refractivity contribution in [3.05, 3.63) is 66.7 Å². The first-order valence-electron chi connectivity index (χ1n) is 11.2. The number of unbranched alkanes of at least 4 members (excludes halogenated alkanes) is 1. The second kappa shape index (κ2) is 9.32. The molecule has 0 unspecified atom stereocenters. The van der Waals surface area contributed by atoms with E-state index in [1.807, 2.05) is 24.4 Å². The van der Waals surface area contributed by atoms with Crippen molar-refractivity contribution in [3.8, 4) is 0 Å². The molecule has 1 aliphatic heterocycles. The molecule has 4 aromatic rings. The van der Waals surface area contributed by atoms with E-state index < -0.39 is 0 Å². The zero-order chi connectivity index (χ0) is 21.8. The van der Waals surface area contributed by atoms with Crippen LogP contribution in [0.15, 0.2) is 61.1 Å². The van der Waals surface area contributed by atoms with Crippen LogP contribution in [0.5, 0.6) is 0 Å². The topological polar surface area (TPSA) is 78.7 Å². The van der Waals surface area contributed by atoms with Gasteiger partial charge in [0.05, 0.1) is 5.52 Å². The fourth-order valence-electron chi connectivity index (χ4n) is 4.12. The van der Waals surface area contributed by atoms with E-state index >= 15 is 0 Å². The van der Waals surface area contributed by atoms with E-state index in [0.29, 0.717) is 18.0 Å². The van der Waals surface area contributed by atoms with Crippen LogP contribution in [0.25, 0.3) is 16.7 Å². The Morgan fingerprint density at radius 1 is 0.969 bits per heavy atom. The van der Waals surface area contributed by atoms with Crippen LogP contribution >= 0.6 is 0 Å². The number of hydrogen-bond donors (Lipinski definition) is 1. The summed E-state index contributed by atoms with van der Waals surface area (Å²) in [4.78, 5) is 30.4. The number of rotatable bonds is 7. The van der Waals surface area contributed by atoms with E-state index in [4.69, 9.17) is 4.98 Å². The van der Waals surface area contributed by atoms with Gasteiger partial charge in [-0.05, 0) is 43.7 Å². The molecule has 8 nitrogen and oxygen atoms in total. The maximum absolute atomic E-state index is 12.3. The molecule has 32 heavy (non-hydrogen) atoms. The molecule has 1 N–H and O–H groups in total. The van der Waals surface area contributed by atoms with Crippen molar-refractivity contribution in [1.29, 1.82) is 0 Å². The minimum absolute atomic E-state index is 0.146. The molecule has 8 heteroatoms. The zero-order valence-corrected chi connectivity index (χ0v) is 18.0. The summed E-state index contributed by atoms with van der Waals surface area (Å²) in [7, 11) is 0. The van der Waals surface area contributed by atoms with Crippen molar-refractivity contribution in [2.75, 3.05) is 44.2 Å². The standard InChI is InChI=1S/C24H27N7O/c32-23(21-18-31-13-5-11-26-24(31)28-21)25-10-3-4-12-29-14-16-30(17-15-29)22-9-8-19-6-1-2-7-20(19)27-22/h1-2,5-9,11,13,18H,3-4,10,12,14-17H2,(H,25,32). The lowest BCUT2D eigenvalue weighted by molar-refractivity contribution is 0.0948. The molecule has 0 atom stereocenters. The van der Waals surface area contributed by atoms with Gasteiger partial charge in [-0.25, -0.2) is 15.0 Å². The molecule has 0 saturated carbocycles. The third-order valence-corrected chi connectivity index (χ3v) is 5.93. The number of nitrogens with one attached hydrogen (secondary N) is 1. The Morgan fingerprint density at radius 2 is 1.84 bits per heavy atom. The number of fused-ring (bicyclic) bond motifs is 2. The summed E-state index contributed by atoms with van der Waals surface area (Å²) in [6, 6.07) is 14.3. The molecule has 3 aromatic heterocycles. The van der Waals surface area contributed by atoms with Gasteiger partial charge in [0.15, 0.2) is 0 Å². The van der Waals surface area contributed by atoms with Crippen LogP contribution in [-0.2, 0) is 0 Å². The van der Waals surface area contributed by atoms with Crippen LogP contribution < -0.4 is 10.2 Å². The maximum atomic E-state index is 12.3. The first-order valence-corrected chi connectivity index (χ1v) is 11.2. The molecule has 0 aliphatic carbocycles. The summed E-state index contributed by atoms with van der Waals surface area (Å²) in [5.74, 6) is 1.45. The van der Waals surface area contributed by atoms with E-state index in [1.165, 1.54) is 5.39 Å². The monoisotopic (exact) mass is 429 g/mol. The Hall–Kier alpha value is -3.52. The summed E-state index contributed by atoms with van der Waals surface area (Å²) in [5, 5.41) is 4.14. The summed E-state index contributed by atoms with van der Waals surface area (Å²) in [6.45, 7) is 5.76. The normalized spacial score (nSPS) is 14.8. The number of anilines is 1. The number of benzene rings is 1. The zero-order valence-electron chi connectivity index (χ0n) is 18.0. The molecule has 1 saturated heterocycles. The van der Waals surface area contributed by atoms with Crippen molar-refractivity contribution in [1.82, 2.24) is 29.6 Å². The van der Waals surface area contributed by atoms with Crippen LogP contribution in [0.2, 0.25) is 0 Å². The lowest BCUT2D eigenvalue weighted by Crippen LogP contribution is -2.47. The Morgan fingerprint density at radius 3 is 2.72 bits per heavy atom. The molecule has 5 rings (SSSR count). The SMILES string of the molecule is O=C(NCCCCN1CCN(c2ccc3ccccc3n2)CC1)c1cn2cccnc2n1. The summed E-state index contributed by atoms with van der Waals surface area (Å²) in [6.07, 6.45) is 7.22. The quantitative estimate of drug-likeness (QED) is 0.455. The first-order chi connectivity index (χ1) is 15.8. The van der Waals surface area contributed by atoms with Crippen LogP contribution in [0.1, 0.15) is 23.3 Å². The summed E-state index contributed by atoms with van der Waals surface area (Å²) >= 11 is 0. The molecule has 1 fully saturated rings. The number of hydrogen-bond acceptors (Lipinski definition) is 6. The maximum Gasteiger partial charge on any atom is 0.271 e. The predicted octanol–water partition coefficient (Wildman–Crippen LogP) is 2.61. The molecule has 0 bridgehead atoms. The third kappa shape index (κ3) is 4.55. The van der Waals surface area contributed by atoms with Crippen LogP contribution in [0.3, 0.4) is 0 Å². The Kier molecular flexibility index (Phi) is 5.93. The Balaban J connectivity index is 1.02. The smallest absolute Gasteiger partial charge is 0.271 e. The van der Waals surface area contributed by atoms with Crippen molar-refractivity contribution in [2.24, 2.45) is 0 Å². The number of aromatic nitrogens is 4. The lowest BCUT2D eigenvalue weighted by atomic mass is 10.2. The van der Waals surface area contributed by atoms with Crippen molar-refractivity contribution in [3.63, 3.8) is 0 Å². The van der Waals surface area contributed by atoms with Gasteiger partial charge in [-0.15, -0.1) is 0 Å².